The topological polar surface area (TPSA) is 84.3 Å². The Balaban J connectivity index is 2.31. The number of nitrogens with one attached hydrogen (secondary N) is 1. The fourth-order valence-electron chi connectivity index (χ4n) is 1.11. The zero-order valence-electron chi connectivity index (χ0n) is 9.36. The van der Waals surface area contributed by atoms with Crippen LogP contribution in [0.5, 0.6) is 0 Å². The first-order valence-corrected chi connectivity index (χ1v) is 4.93. The maximum Gasteiger partial charge on any atom is 0.329 e. The first kappa shape index (κ1) is 12.4. The van der Waals surface area contributed by atoms with Crippen molar-refractivity contribution in [3.8, 4) is 0 Å². The summed E-state index contributed by atoms with van der Waals surface area (Å²) in [4.78, 5) is 18.6. The molecule has 1 aromatic heterocycles. The molecule has 0 atom stereocenters. The number of anilines is 1. The minimum Gasteiger partial charge on any atom is -0.480 e. The van der Waals surface area contributed by atoms with E-state index < -0.39 is 5.97 Å². The summed E-state index contributed by atoms with van der Waals surface area (Å²) in [6, 6.07) is 0. The van der Waals surface area contributed by atoms with Gasteiger partial charge in [0.2, 0.25) is 0 Å². The van der Waals surface area contributed by atoms with Crippen molar-refractivity contribution in [2.24, 2.45) is 0 Å². The number of aryl methyl sites for hydroxylation is 2. The van der Waals surface area contributed by atoms with Gasteiger partial charge >= 0.3 is 5.97 Å². The summed E-state index contributed by atoms with van der Waals surface area (Å²) < 4.78 is 4.88. The molecule has 0 aromatic carbocycles. The Morgan fingerprint density at radius 2 is 2.31 bits per heavy atom. The lowest BCUT2D eigenvalue weighted by atomic mass is 10.4. The van der Waals surface area contributed by atoms with Crippen molar-refractivity contribution < 1.29 is 14.6 Å². The van der Waals surface area contributed by atoms with E-state index in [0.717, 1.165) is 11.4 Å². The Morgan fingerprint density at radius 1 is 1.56 bits per heavy atom. The summed E-state index contributed by atoms with van der Waals surface area (Å²) in [6.07, 6.45) is 1.70. The molecule has 1 heterocycles. The lowest BCUT2D eigenvalue weighted by molar-refractivity contribution is -0.142. The van der Waals surface area contributed by atoms with Crippen molar-refractivity contribution >= 4 is 11.8 Å². The van der Waals surface area contributed by atoms with Crippen LogP contribution in [0.2, 0.25) is 0 Å². The average molecular weight is 225 g/mol. The highest BCUT2D eigenvalue weighted by Gasteiger charge is 2.01. The van der Waals surface area contributed by atoms with E-state index in [-0.39, 0.29) is 6.61 Å². The summed E-state index contributed by atoms with van der Waals surface area (Å²) in [7, 11) is 0. The second kappa shape index (κ2) is 6.02. The van der Waals surface area contributed by atoms with Gasteiger partial charge in [-0.05, 0) is 13.8 Å². The van der Waals surface area contributed by atoms with Crippen LogP contribution in [0.3, 0.4) is 0 Å². The number of rotatable bonds is 6. The summed E-state index contributed by atoms with van der Waals surface area (Å²) in [5, 5.41) is 11.4. The average Bonchev–Trinajstić information content (AvgIpc) is 2.22. The number of carboxylic acid groups (broad SMARTS) is 1. The molecule has 0 saturated heterocycles. The molecule has 0 radical (unpaired) electrons. The van der Waals surface area contributed by atoms with Crippen molar-refractivity contribution in [3.05, 3.63) is 17.6 Å². The number of hydrogen-bond acceptors (Lipinski definition) is 5. The number of carboxylic acids is 1. The third-order valence-corrected chi connectivity index (χ3v) is 1.84. The van der Waals surface area contributed by atoms with Crippen LogP contribution in [0.15, 0.2) is 6.20 Å². The number of aliphatic carboxylic acids is 1. The highest BCUT2D eigenvalue weighted by molar-refractivity contribution is 5.67. The van der Waals surface area contributed by atoms with Gasteiger partial charge in [-0.15, -0.1) is 0 Å². The highest BCUT2D eigenvalue weighted by Crippen LogP contribution is 2.07. The van der Waals surface area contributed by atoms with Crippen molar-refractivity contribution in [2.75, 3.05) is 25.1 Å². The van der Waals surface area contributed by atoms with E-state index in [0.29, 0.717) is 19.0 Å². The molecule has 88 valence electrons. The number of ether oxygens (including phenoxy) is 1. The molecule has 0 aliphatic heterocycles. The van der Waals surface area contributed by atoms with Crippen LogP contribution >= 0.6 is 0 Å². The molecular weight excluding hydrogens is 210 g/mol. The van der Waals surface area contributed by atoms with Crippen LogP contribution in [0.25, 0.3) is 0 Å². The van der Waals surface area contributed by atoms with Crippen molar-refractivity contribution in [1.82, 2.24) is 9.97 Å². The molecule has 0 spiro atoms. The fraction of sp³-hybridized carbons (Fsp3) is 0.500. The molecule has 6 heteroatoms. The Kier molecular flexibility index (Phi) is 4.65. The fourth-order valence-corrected chi connectivity index (χ4v) is 1.11. The molecule has 0 bridgehead atoms. The molecule has 6 nitrogen and oxygen atoms in total. The predicted octanol–water partition coefficient (Wildman–Crippen LogP) is 0.607. The Morgan fingerprint density at radius 3 is 3.00 bits per heavy atom. The van der Waals surface area contributed by atoms with Gasteiger partial charge in [-0.25, -0.2) is 9.78 Å². The van der Waals surface area contributed by atoms with Gasteiger partial charge in [0.25, 0.3) is 0 Å². The van der Waals surface area contributed by atoms with E-state index >= 15 is 0 Å². The van der Waals surface area contributed by atoms with Gasteiger partial charge < -0.3 is 15.2 Å². The van der Waals surface area contributed by atoms with E-state index in [9.17, 15) is 4.79 Å². The summed E-state index contributed by atoms with van der Waals surface area (Å²) in [6.45, 7) is 4.26. The normalized spacial score (nSPS) is 10.1. The molecule has 16 heavy (non-hydrogen) atoms. The van der Waals surface area contributed by atoms with Gasteiger partial charge in [-0.3, -0.25) is 4.98 Å². The van der Waals surface area contributed by atoms with Gasteiger partial charge in [0.05, 0.1) is 18.0 Å². The zero-order chi connectivity index (χ0) is 12.0. The molecule has 1 aromatic rings. The molecule has 0 aliphatic carbocycles. The second-order valence-corrected chi connectivity index (χ2v) is 3.32. The Hall–Kier alpha value is -1.69. The first-order valence-electron chi connectivity index (χ1n) is 4.93. The molecular formula is C10H15N3O3. The third-order valence-electron chi connectivity index (χ3n) is 1.84. The molecule has 0 fully saturated rings. The summed E-state index contributed by atoms with van der Waals surface area (Å²) in [5.41, 5.74) is 1.64. The number of carbonyl (C=O) groups is 1. The lowest BCUT2D eigenvalue weighted by Crippen LogP contribution is -2.15. The van der Waals surface area contributed by atoms with Crippen LogP contribution in [-0.4, -0.2) is 40.8 Å². The van der Waals surface area contributed by atoms with Crippen molar-refractivity contribution in [3.63, 3.8) is 0 Å². The van der Waals surface area contributed by atoms with Crippen LogP contribution in [0.1, 0.15) is 11.4 Å². The minimum atomic E-state index is -0.966. The molecule has 0 unspecified atom stereocenters. The quantitative estimate of drug-likeness (QED) is 0.690. The van der Waals surface area contributed by atoms with Gasteiger partial charge in [0, 0.05) is 12.7 Å². The SMILES string of the molecule is Cc1cnc(C)c(NCCOCC(=O)O)n1. The Labute approximate surface area is 93.7 Å². The molecule has 2 N–H and O–H groups in total. The van der Waals surface area contributed by atoms with Crippen molar-refractivity contribution in [1.29, 1.82) is 0 Å². The highest BCUT2D eigenvalue weighted by atomic mass is 16.5. The van der Waals surface area contributed by atoms with E-state index in [4.69, 9.17) is 9.84 Å². The maximum atomic E-state index is 10.2. The third kappa shape index (κ3) is 4.22. The van der Waals surface area contributed by atoms with Crippen LogP contribution < -0.4 is 5.32 Å². The van der Waals surface area contributed by atoms with Crippen LogP contribution in [0, 0.1) is 13.8 Å². The standard InChI is InChI=1S/C10H15N3O3/c1-7-5-12-8(2)10(13-7)11-3-4-16-6-9(14)15/h5H,3-4,6H2,1-2H3,(H,11,13)(H,14,15). The maximum absolute atomic E-state index is 10.2. The van der Waals surface area contributed by atoms with Crippen LogP contribution in [-0.2, 0) is 9.53 Å². The smallest absolute Gasteiger partial charge is 0.329 e. The zero-order valence-corrected chi connectivity index (χ0v) is 9.36. The summed E-state index contributed by atoms with van der Waals surface area (Å²) in [5.74, 6) is -0.259. The van der Waals surface area contributed by atoms with E-state index in [1.54, 1.807) is 6.20 Å². The number of hydrogen-bond donors (Lipinski definition) is 2. The molecule has 0 saturated carbocycles. The number of aromatic nitrogens is 2. The molecule has 0 aliphatic rings. The molecule has 0 amide bonds. The lowest BCUT2D eigenvalue weighted by Gasteiger charge is -2.08. The molecule has 1 rings (SSSR count). The Bertz CT molecular complexity index is 368. The van der Waals surface area contributed by atoms with Gasteiger partial charge in [-0.2, -0.15) is 0 Å². The monoisotopic (exact) mass is 225 g/mol. The largest absolute Gasteiger partial charge is 0.480 e. The first-order chi connectivity index (χ1) is 7.59. The minimum absolute atomic E-state index is 0.278. The van der Waals surface area contributed by atoms with E-state index in [2.05, 4.69) is 15.3 Å². The predicted molar refractivity (Wildman–Crippen MR) is 58.5 cm³/mol. The number of nitrogens with zero attached hydrogens (tertiary/aromatic N) is 2. The summed E-state index contributed by atoms with van der Waals surface area (Å²) >= 11 is 0. The van der Waals surface area contributed by atoms with Gasteiger partial charge in [-0.1, -0.05) is 0 Å². The second-order valence-electron chi connectivity index (χ2n) is 3.32. The van der Waals surface area contributed by atoms with E-state index in [1.807, 2.05) is 13.8 Å². The van der Waals surface area contributed by atoms with Crippen LogP contribution in [0.4, 0.5) is 5.82 Å². The van der Waals surface area contributed by atoms with Gasteiger partial charge in [0.15, 0.2) is 0 Å². The van der Waals surface area contributed by atoms with Gasteiger partial charge in [0.1, 0.15) is 12.4 Å². The van der Waals surface area contributed by atoms with E-state index in [1.165, 1.54) is 0 Å². The van der Waals surface area contributed by atoms with Crippen molar-refractivity contribution in [2.45, 2.75) is 13.8 Å².